The van der Waals surface area contributed by atoms with E-state index in [1.165, 1.54) is 0 Å². The molecular formula is C15H23N3O3. The highest BCUT2D eigenvalue weighted by Crippen LogP contribution is 2.34. The van der Waals surface area contributed by atoms with Crippen molar-refractivity contribution >= 4 is 0 Å². The maximum Gasteiger partial charge on any atom is 0.231 e. The van der Waals surface area contributed by atoms with Crippen LogP contribution in [0.1, 0.15) is 13.8 Å². The Kier molecular flexibility index (Phi) is 4.48. The molecule has 1 aromatic carbocycles. The van der Waals surface area contributed by atoms with Gasteiger partial charge in [-0.25, -0.2) is 0 Å². The predicted molar refractivity (Wildman–Crippen MR) is 79.6 cm³/mol. The zero-order valence-corrected chi connectivity index (χ0v) is 12.5. The summed E-state index contributed by atoms with van der Waals surface area (Å²) in [5.41, 5.74) is 6.53. The Morgan fingerprint density at radius 1 is 1.19 bits per heavy atom. The third-order valence-corrected chi connectivity index (χ3v) is 4.09. The summed E-state index contributed by atoms with van der Waals surface area (Å²) in [6, 6.07) is 6.63. The van der Waals surface area contributed by atoms with Crippen LogP contribution in [0.25, 0.3) is 0 Å². The van der Waals surface area contributed by atoms with Gasteiger partial charge in [-0.2, -0.15) is 0 Å². The molecule has 6 heteroatoms. The van der Waals surface area contributed by atoms with Crippen LogP contribution in [0.2, 0.25) is 0 Å². The number of hydrogen-bond acceptors (Lipinski definition) is 6. The van der Waals surface area contributed by atoms with E-state index >= 15 is 0 Å². The Labute approximate surface area is 125 Å². The summed E-state index contributed by atoms with van der Waals surface area (Å²) in [5.74, 6) is 2.94. The first-order valence-electron chi connectivity index (χ1n) is 7.48. The topological polar surface area (TPSA) is 63.8 Å². The van der Waals surface area contributed by atoms with Crippen molar-refractivity contribution in [2.24, 2.45) is 5.92 Å². The quantitative estimate of drug-likeness (QED) is 0.677. The van der Waals surface area contributed by atoms with Crippen LogP contribution in [-0.2, 0) is 0 Å². The first-order chi connectivity index (χ1) is 10.2. The van der Waals surface area contributed by atoms with Gasteiger partial charge in [0.05, 0.1) is 0 Å². The maximum absolute atomic E-state index is 5.72. The van der Waals surface area contributed by atoms with E-state index in [2.05, 4.69) is 30.0 Å². The van der Waals surface area contributed by atoms with Crippen molar-refractivity contribution in [2.45, 2.75) is 25.9 Å². The molecule has 3 rings (SSSR count). The van der Waals surface area contributed by atoms with Crippen molar-refractivity contribution in [1.29, 1.82) is 0 Å². The summed E-state index contributed by atoms with van der Waals surface area (Å²) in [4.78, 5) is 0. The lowest BCUT2D eigenvalue weighted by Gasteiger charge is -2.18. The van der Waals surface area contributed by atoms with Gasteiger partial charge in [0.1, 0.15) is 12.4 Å². The molecule has 2 aliphatic rings. The molecule has 0 aromatic heterocycles. The summed E-state index contributed by atoms with van der Waals surface area (Å²) in [6.07, 6.45) is 0. The Morgan fingerprint density at radius 3 is 2.76 bits per heavy atom. The normalized spacial score (nSPS) is 27.0. The Bertz CT molecular complexity index is 473. The molecule has 1 fully saturated rings. The molecule has 1 saturated heterocycles. The first kappa shape index (κ1) is 14.4. The Balaban J connectivity index is 1.37. The standard InChI is InChI=1S/C15H23N3O3/c1-10-13(11(2)18-17-10)8-16-5-6-19-12-3-4-14-15(7-12)21-9-20-14/h3-4,7,10-11,13,16-18H,5-6,8-9H2,1-2H3. The lowest BCUT2D eigenvalue weighted by molar-refractivity contribution is 0.173. The van der Waals surface area contributed by atoms with Crippen LogP contribution in [0.15, 0.2) is 18.2 Å². The number of ether oxygens (including phenoxy) is 3. The highest BCUT2D eigenvalue weighted by Gasteiger charge is 2.28. The summed E-state index contributed by atoms with van der Waals surface area (Å²) >= 11 is 0. The largest absolute Gasteiger partial charge is 0.492 e. The molecule has 2 atom stereocenters. The number of nitrogens with one attached hydrogen (secondary N) is 3. The van der Waals surface area contributed by atoms with Crippen LogP contribution in [0, 0.1) is 5.92 Å². The van der Waals surface area contributed by atoms with E-state index in [1.807, 2.05) is 18.2 Å². The average Bonchev–Trinajstić information content (AvgIpc) is 3.07. The number of benzene rings is 1. The van der Waals surface area contributed by atoms with E-state index < -0.39 is 0 Å². The predicted octanol–water partition coefficient (Wildman–Crippen LogP) is 0.885. The molecule has 1 aromatic rings. The molecule has 2 unspecified atom stereocenters. The van der Waals surface area contributed by atoms with Gasteiger partial charge in [-0.3, -0.25) is 10.9 Å². The highest BCUT2D eigenvalue weighted by molar-refractivity contribution is 5.46. The summed E-state index contributed by atoms with van der Waals surface area (Å²) < 4.78 is 16.3. The van der Waals surface area contributed by atoms with Crippen LogP contribution in [0.3, 0.4) is 0 Å². The van der Waals surface area contributed by atoms with Gasteiger partial charge in [-0.05, 0) is 26.0 Å². The molecule has 2 aliphatic heterocycles. The molecule has 0 aliphatic carbocycles. The monoisotopic (exact) mass is 293 g/mol. The molecule has 0 radical (unpaired) electrons. The molecule has 6 nitrogen and oxygen atoms in total. The van der Waals surface area contributed by atoms with Crippen molar-refractivity contribution in [3.05, 3.63) is 18.2 Å². The second-order valence-corrected chi connectivity index (χ2v) is 5.60. The van der Waals surface area contributed by atoms with Crippen LogP contribution < -0.4 is 30.4 Å². The fraction of sp³-hybridized carbons (Fsp3) is 0.600. The van der Waals surface area contributed by atoms with Crippen molar-refractivity contribution in [1.82, 2.24) is 16.2 Å². The summed E-state index contributed by atoms with van der Waals surface area (Å²) in [7, 11) is 0. The lowest BCUT2D eigenvalue weighted by atomic mass is 9.97. The minimum absolute atomic E-state index is 0.292. The van der Waals surface area contributed by atoms with E-state index in [9.17, 15) is 0 Å². The summed E-state index contributed by atoms with van der Waals surface area (Å²) in [5, 5.41) is 3.45. The van der Waals surface area contributed by atoms with Crippen LogP contribution >= 0.6 is 0 Å². The van der Waals surface area contributed by atoms with Crippen LogP contribution in [0.5, 0.6) is 17.2 Å². The lowest BCUT2D eigenvalue weighted by Crippen LogP contribution is -2.35. The Hall–Kier alpha value is -1.50. The van der Waals surface area contributed by atoms with Gasteiger partial charge in [0.15, 0.2) is 11.5 Å². The molecule has 0 amide bonds. The molecule has 0 bridgehead atoms. The van der Waals surface area contributed by atoms with E-state index in [1.54, 1.807) is 0 Å². The van der Waals surface area contributed by atoms with Gasteiger partial charge in [-0.1, -0.05) is 0 Å². The third-order valence-electron chi connectivity index (χ3n) is 4.09. The van der Waals surface area contributed by atoms with Gasteiger partial charge < -0.3 is 19.5 Å². The van der Waals surface area contributed by atoms with Crippen molar-refractivity contribution in [3.8, 4) is 17.2 Å². The van der Waals surface area contributed by atoms with E-state index in [0.717, 1.165) is 30.3 Å². The second-order valence-electron chi connectivity index (χ2n) is 5.60. The van der Waals surface area contributed by atoms with Crippen LogP contribution in [-0.4, -0.2) is 38.6 Å². The number of hydrogen-bond donors (Lipinski definition) is 3. The van der Waals surface area contributed by atoms with Crippen molar-refractivity contribution < 1.29 is 14.2 Å². The molecule has 0 spiro atoms. The number of hydrazine groups is 1. The average molecular weight is 293 g/mol. The van der Waals surface area contributed by atoms with Crippen LogP contribution in [0.4, 0.5) is 0 Å². The van der Waals surface area contributed by atoms with Crippen molar-refractivity contribution in [3.63, 3.8) is 0 Å². The van der Waals surface area contributed by atoms with E-state index in [-0.39, 0.29) is 0 Å². The van der Waals surface area contributed by atoms with Gasteiger partial charge in [-0.15, -0.1) is 0 Å². The maximum atomic E-state index is 5.72. The minimum atomic E-state index is 0.292. The van der Waals surface area contributed by atoms with E-state index in [4.69, 9.17) is 14.2 Å². The van der Waals surface area contributed by atoms with Gasteiger partial charge in [0.25, 0.3) is 0 Å². The van der Waals surface area contributed by atoms with Gasteiger partial charge >= 0.3 is 0 Å². The third kappa shape index (κ3) is 3.40. The molecular weight excluding hydrogens is 270 g/mol. The molecule has 2 heterocycles. The Morgan fingerprint density at radius 2 is 1.95 bits per heavy atom. The molecule has 21 heavy (non-hydrogen) atoms. The van der Waals surface area contributed by atoms with Crippen molar-refractivity contribution in [2.75, 3.05) is 26.5 Å². The zero-order valence-electron chi connectivity index (χ0n) is 12.5. The van der Waals surface area contributed by atoms with E-state index in [0.29, 0.717) is 31.4 Å². The first-order valence-corrected chi connectivity index (χ1v) is 7.48. The molecule has 3 N–H and O–H groups in total. The molecule has 116 valence electrons. The molecule has 0 saturated carbocycles. The summed E-state index contributed by atoms with van der Waals surface area (Å²) in [6.45, 7) is 7.13. The second kappa shape index (κ2) is 6.51. The highest BCUT2D eigenvalue weighted by atomic mass is 16.7. The number of rotatable bonds is 6. The zero-order chi connectivity index (χ0) is 14.7. The van der Waals surface area contributed by atoms with Gasteiger partial charge in [0.2, 0.25) is 6.79 Å². The van der Waals surface area contributed by atoms with Gasteiger partial charge in [0, 0.05) is 37.2 Å². The fourth-order valence-electron chi connectivity index (χ4n) is 2.74. The smallest absolute Gasteiger partial charge is 0.231 e. The minimum Gasteiger partial charge on any atom is -0.492 e. The number of fused-ring (bicyclic) bond motifs is 1. The SMILES string of the molecule is CC1NNC(C)C1CNCCOc1ccc2c(c1)OCO2. The fourth-order valence-corrected chi connectivity index (χ4v) is 2.74.